The molecule has 1 fully saturated rings. The molecule has 0 aliphatic carbocycles. The van der Waals surface area contributed by atoms with Crippen LogP contribution in [0, 0.1) is 5.82 Å². The Hall–Kier alpha value is -2.59. The third-order valence-corrected chi connectivity index (χ3v) is 5.47. The number of aromatic nitrogens is 4. The van der Waals surface area contributed by atoms with Crippen LogP contribution in [0.3, 0.4) is 0 Å². The van der Waals surface area contributed by atoms with Gasteiger partial charge in [0.05, 0.1) is 23.6 Å². The summed E-state index contributed by atoms with van der Waals surface area (Å²) < 4.78 is 48.7. The molecule has 3 heterocycles. The SMILES string of the molecule is COc1c(C(C)n2nc(C(F)F)c3c(N)ncnc32)cc(Cl)c(F)c1C1CNC1. The van der Waals surface area contributed by atoms with Gasteiger partial charge in [0.2, 0.25) is 0 Å². The molecule has 11 heteroatoms. The van der Waals surface area contributed by atoms with Crippen molar-refractivity contribution in [3.05, 3.63) is 40.1 Å². The Morgan fingerprint density at radius 2 is 2.07 bits per heavy atom. The number of fused-ring (bicyclic) bond motifs is 1. The normalized spacial score (nSPS) is 15.7. The number of rotatable bonds is 5. The molecule has 1 aliphatic rings. The van der Waals surface area contributed by atoms with Gasteiger partial charge in [0.25, 0.3) is 6.43 Å². The topological polar surface area (TPSA) is 90.9 Å². The number of alkyl halides is 2. The summed E-state index contributed by atoms with van der Waals surface area (Å²) in [5.41, 5.74) is 6.30. The first-order valence-corrected chi connectivity index (χ1v) is 9.26. The van der Waals surface area contributed by atoms with Crippen LogP contribution >= 0.6 is 11.6 Å². The van der Waals surface area contributed by atoms with E-state index in [-0.39, 0.29) is 27.8 Å². The second-order valence-electron chi connectivity index (χ2n) is 6.83. The average molecular weight is 427 g/mol. The first-order chi connectivity index (χ1) is 13.8. The summed E-state index contributed by atoms with van der Waals surface area (Å²) in [7, 11) is 1.43. The first kappa shape index (κ1) is 19.7. The van der Waals surface area contributed by atoms with Crippen LogP contribution in [-0.2, 0) is 0 Å². The van der Waals surface area contributed by atoms with Crippen LogP contribution in [0.2, 0.25) is 5.02 Å². The van der Waals surface area contributed by atoms with E-state index in [1.54, 1.807) is 6.92 Å². The fourth-order valence-corrected chi connectivity index (χ4v) is 3.84. The Kier molecular flexibility index (Phi) is 4.99. The van der Waals surface area contributed by atoms with Crippen molar-refractivity contribution in [1.29, 1.82) is 0 Å². The van der Waals surface area contributed by atoms with Crippen LogP contribution in [0.25, 0.3) is 11.0 Å². The molecule has 154 valence electrons. The van der Waals surface area contributed by atoms with Gasteiger partial charge in [-0.15, -0.1) is 0 Å². The average Bonchev–Trinajstić information content (AvgIpc) is 3.04. The van der Waals surface area contributed by atoms with E-state index >= 15 is 0 Å². The van der Waals surface area contributed by atoms with Crippen molar-refractivity contribution in [3.8, 4) is 5.75 Å². The quantitative estimate of drug-likeness (QED) is 0.649. The molecule has 0 bridgehead atoms. The van der Waals surface area contributed by atoms with E-state index in [1.165, 1.54) is 24.2 Å². The van der Waals surface area contributed by atoms with E-state index in [0.29, 0.717) is 30.0 Å². The molecule has 0 saturated carbocycles. The van der Waals surface area contributed by atoms with Crippen LogP contribution in [-0.4, -0.2) is 39.9 Å². The van der Waals surface area contributed by atoms with Gasteiger partial charge in [-0.3, -0.25) is 0 Å². The lowest BCUT2D eigenvalue weighted by Gasteiger charge is -2.31. The fraction of sp³-hybridized carbons (Fsp3) is 0.389. The maximum atomic E-state index is 14.8. The number of ether oxygens (including phenoxy) is 1. The number of benzene rings is 1. The number of nitrogens with two attached hydrogens (primary N) is 1. The van der Waals surface area contributed by atoms with Crippen LogP contribution in [0.1, 0.15) is 42.1 Å². The molecule has 2 aromatic heterocycles. The standard InChI is InChI=1S/C18H18ClF3N6O/c1-7(28-18-12(14(27-28)16(21)22)17(23)25-6-26-18)9-3-10(19)13(20)11(15(9)29-2)8-4-24-5-8/h3,6-8,16,24H,4-5H2,1-2H3,(H2,23,25,26). The summed E-state index contributed by atoms with van der Waals surface area (Å²) in [6.07, 6.45) is -1.69. The second-order valence-corrected chi connectivity index (χ2v) is 7.23. The number of nitrogens with one attached hydrogen (secondary N) is 1. The van der Waals surface area contributed by atoms with Crippen molar-refractivity contribution in [3.63, 3.8) is 0 Å². The molecule has 1 unspecified atom stereocenters. The highest BCUT2D eigenvalue weighted by atomic mass is 35.5. The summed E-state index contributed by atoms with van der Waals surface area (Å²) in [4.78, 5) is 7.88. The smallest absolute Gasteiger partial charge is 0.282 e. The zero-order valence-electron chi connectivity index (χ0n) is 15.6. The molecule has 1 atom stereocenters. The highest BCUT2D eigenvalue weighted by Crippen LogP contribution is 2.42. The molecule has 1 aromatic carbocycles. The van der Waals surface area contributed by atoms with E-state index in [0.717, 1.165) is 0 Å². The zero-order chi connectivity index (χ0) is 20.9. The molecule has 1 saturated heterocycles. The summed E-state index contributed by atoms with van der Waals surface area (Å²) >= 11 is 6.16. The van der Waals surface area contributed by atoms with E-state index in [2.05, 4.69) is 20.4 Å². The minimum absolute atomic E-state index is 0.00931. The molecule has 0 amide bonds. The lowest BCUT2D eigenvalue weighted by molar-refractivity contribution is 0.146. The molecule has 7 nitrogen and oxygen atoms in total. The summed E-state index contributed by atoms with van der Waals surface area (Å²) in [6, 6.07) is 0.787. The van der Waals surface area contributed by atoms with Crippen LogP contribution in [0.4, 0.5) is 19.0 Å². The number of anilines is 1. The number of hydrogen-bond acceptors (Lipinski definition) is 6. The van der Waals surface area contributed by atoms with Gasteiger partial charge >= 0.3 is 0 Å². The molecule has 3 N–H and O–H groups in total. The molecule has 0 spiro atoms. The molecular weight excluding hydrogens is 409 g/mol. The molecule has 3 aromatic rings. The highest BCUT2D eigenvalue weighted by Gasteiger charge is 2.32. The Balaban J connectivity index is 1.93. The van der Waals surface area contributed by atoms with Gasteiger partial charge in [-0.1, -0.05) is 11.6 Å². The van der Waals surface area contributed by atoms with Gasteiger partial charge in [-0.25, -0.2) is 27.8 Å². The summed E-state index contributed by atoms with van der Waals surface area (Å²) in [5.74, 6) is -0.418. The Morgan fingerprint density at radius 3 is 2.66 bits per heavy atom. The van der Waals surface area contributed by atoms with Crippen molar-refractivity contribution in [2.24, 2.45) is 0 Å². The second kappa shape index (κ2) is 7.34. The minimum Gasteiger partial charge on any atom is -0.496 e. The Bertz CT molecular complexity index is 1090. The Morgan fingerprint density at radius 1 is 1.34 bits per heavy atom. The predicted molar refractivity (Wildman–Crippen MR) is 102 cm³/mol. The predicted octanol–water partition coefficient (Wildman–Crippen LogP) is 3.44. The number of nitrogens with zero attached hydrogens (tertiary/aromatic N) is 4. The third-order valence-electron chi connectivity index (χ3n) is 5.20. The van der Waals surface area contributed by atoms with Crippen LogP contribution in [0.15, 0.2) is 12.4 Å². The molecule has 4 rings (SSSR count). The van der Waals surface area contributed by atoms with Crippen molar-refractivity contribution < 1.29 is 17.9 Å². The molecule has 29 heavy (non-hydrogen) atoms. The Labute approximate surface area is 169 Å². The maximum absolute atomic E-state index is 14.8. The van der Waals surface area contributed by atoms with Gasteiger partial charge < -0.3 is 15.8 Å². The van der Waals surface area contributed by atoms with E-state index in [9.17, 15) is 13.2 Å². The number of hydrogen-bond donors (Lipinski definition) is 2. The van der Waals surface area contributed by atoms with Gasteiger partial charge in [0, 0.05) is 30.1 Å². The van der Waals surface area contributed by atoms with Crippen LogP contribution < -0.4 is 15.8 Å². The van der Waals surface area contributed by atoms with Crippen molar-refractivity contribution in [2.75, 3.05) is 25.9 Å². The van der Waals surface area contributed by atoms with Gasteiger partial charge in [-0.05, 0) is 13.0 Å². The minimum atomic E-state index is -2.87. The van der Waals surface area contributed by atoms with Crippen molar-refractivity contribution >= 4 is 28.5 Å². The maximum Gasteiger partial charge on any atom is 0.282 e. The van der Waals surface area contributed by atoms with Gasteiger partial charge in [0.1, 0.15) is 29.4 Å². The molecule has 1 aliphatic heterocycles. The van der Waals surface area contributed by atoms with Crippen molar-refractivity contribution in [1.82, 2.24) is 25.1 Å². The highest BCUT2D eigenvalue weighted by molar-refractivity contribution is 6.31. The lowest BCUT2D eigenvalue weighted by atomic mass is 9.89. The van der Waals surface area contributed by atoms with E-state index in [4.69, 9.17) is 22.1 Å². The zero-order valence-corrected chi connectivity index (χ0v) is 16.3. The lowest BCUT2D eigenvalue weighted by Crippen LogP contribution is -2.40. The van der Waals surface area contributed by atoms with Crippen molar-refractivity contribution in [2.45, 2.75) is 25.3 Å². The van der Waals surface area contributed by atoms with E-state index < -0.39 is 24.0 Å². The van der Waals surface area contributed by atoms with Crippen LogP contribution in [0.5, 0.6) is 5.75 Å². The number of nitrogen functional groups attached to an aromatic ring is 1. The fourth-order valence-electron chi connectivity index (χ4n) is 3.62. The van der Waals surface area contributed by atoms with Gasteiger partial charge in [0.15, 0.2) is 5.65 Å². The third kappa shape index (κ3) is 3.06. The summed E-state index contributed by atoms with van der Waals surface area (Å²) in [6.45, 7) is 2.89. The molecular formula is C18H18ClF3N6O. The monoisotopic (exact) mass is 426 g/mol. The van der Waals surface area contributed by atoms with E-state index in [1.807, 2.05) is 0 Å². The first-order valence-electron chi connectivity index (χ1n) is 8.88. The number of halogens is 4. The largest absolute Gasteiger partial charge is 0.496 e. The molecule has 0 radical (unpaired) electrons. The number of methoxy groups -OCH3 is 1. The summed E-state index contributed by atoms with van der Waals surface area (Å²) in [5, 5.41) is 7.04. The van der Waals surface area contributed by atoms with Gasteiger partial charge in [-0.2, -0.15) is 5.10 Å².